The Hall–Kier alpha value is -3.06. The number of Topliss-reactive ketones (excluding diaryl/α,β-unsaturated/α-hetero) is 1. The number of methoxy groups -OCH3 is 1. The lowest BCUT2D eigenvalue weighted by atomic mass is 9.79. The van der Waals surface area contributed by atoms with Crippen molar-refractivity contribution in [1.82, 2.24) is 5.32 Å². The van der Waals surface area contributed by atoms with Crippen LogP contribution in [0.2, 0.25) is 18.1 Å². The Bertz CT molecular complexity index is 1320. The molecule has 0 amide bonds. The summed E-state index contributed by atoms with van der Waals surface area (Å²) < 4.78 is 11.9. The molecule has 0 radical (unpaired) electrons. The molecule has 1 N–H and O–H groups in total. The molecule has 0 heterocycles. The van der Waals surface area contributed by atoms with Crippen LogP contribution in [-0.4, -0.2) is 39.3 Å². The van der Waals surface area contributed by atoms with Gasteiger partial charge in [-0.15, -0.1) is 0 Å². The third-order valence-corrected chi connectivity index (χ3v) is 13.3. The van der Waals surface area contributed by atoms with Gasteiger partial charge in [-0.05, 0) is 52.4 Å². The van der Waals surface area contributed by atoms with Gasteiger partial charge < -0.3 is 9.16 Å². The van der Waals surface area contributed by atoms with E-state index in [9.17, 15) is 9.59 Å². The van der Waals surface area contributed by atoms with Crippen LogP contribution in [-0.2, 0) is 24.3 Å². The quantitative estimate of drug-likeness (QED) is 0.239. The lowest BCUT2D eigenvalue weighted by Crippen LogP contribution is -2.56. The number of carbonyl (C=O) groups excluding carboxylic acids is 2. The number of ketones is 1. The van der Waals surface area contributed by atoms with E-state index in [4.69, 9.17) is 9.16 Å². The molecule has 3 aromatic carbocycles. The summed E-state index contributed by atoms with van der Waals surface area (Å²) in [7, 11) is -0.921. The summed E-state index contributed by atoms with van der Waals surface area (Å²) in [4.78, 5) is 26.8. The predicted octanol–water partition coefficient (Wildman–Crippen LogP) is 6.07. The lowest BCUT2D eigenvalue weighted by molar-refractivity contribution is -0.148. The molecule has 0 aromatic heterocycles. The summed E-state index contributed by atoms with van der Waals surface area (Å²) in [6.45, 7) is 10.9. The van der Waals surface area contributed by atoms with Crippen LogP contribution < -0.4 is 5.32 Å². The number of benzene rings is 3. The average molecular weight is 528 g/mol. The highest BCUT2D eigenvalue weighted by molar-refractivity contribution is 6.74. The Kier molecular flexibility index (Phi) is 6.70. The Balaban J connectivity index is 1.69. The van der Waals surface area contributed by atoms with E-state index >= 15 is 0 Å². The monoisotopic (exact) mass is 527 g/mol. The smallest absolute Gasteiger partial charge is 0.316 e. The number of hydrogen-bond donors (Lipinski definition) is 1. The SMILES string of the molecule is COC(=O)C1C[C@H](O[Si](C)(C)C(C)(C)C)[C@H](NC2(c3ccccc3)c3ccccc3-c3ccccc32)C1=O. The largest absolute Gasteiger partial charge is 0.468 e. The second kappa shape index (κ2) is 9.60. The van der Waals surface area contributed by atoms with Crippen molar-refractivity contribution < 1.29 is 18.8 Å². The summed E-state index contributed by atoms with van der Waals surface area (Å²) in [5.74, 6) is -1.52. The van der Waals surface area contributed by atoms with Crippen molar-refractivity contribution in [3.05, 3.63) is 95.6 Å². The molecule has 6 heteroatoms. The molecular formula is C32H37NO4Si. The number of fused-ring (bicyclic) bond motifs is 3. The molecule has 1 saturated carbocycles. The van der Waals surface area contributed by atoms with Crippen molar-refractivity contribution in [2.75, 3.05) is 7.11 Å². The van der Waals surface area contributed by atoms with Gasteiger partial charge in [0.2, 0.25) is 0 Å². The first-order chi connectivity index (χ1) is 18.0. The van der Waals surface area contributed by atoms with E-state index < -0.39 is 37.9 Å². The van der Waals surface area contributed by atoms with E-state index in [1.54, 1.807) is 0 Å². The van der Waals surface area contributed by atoms with Crippen molar-refractivity contribution >= 4 is 20.1 Å². The second-order valence-electron chi connectivity index (χ2n) is 12.0. The second-order valence-corrected chi connectivity index (χ2v) is 16.7. The zero-order chi connectivity index (χ0) is 27.3. The minimum absolute atomic E-state index is 0.0480. The van der Waals surface area contributed by atoms with Gasteiger partial charge in [-0.25, -0.2) is 0 Å². The highest BCUT2D eigenvalue weighted by Crippen LogP contribution is 2.52. The van der Waals surface area contributed by atoms with E-state index in [1.807, 2.05) is 42.5 Å². The molecule has 38 heavy (non-hydrogen) atoms. The van der Waals surface area contributed by atoms with Crippen LogP contribution >= 0.6 is 0 Å². The average Bonchev–Trinajstić information content (AvgIpc) is 3.36. The molecule has 2 aliphatic carbocycles. The highest BCUT2D eigenvalue weighted by Gasteiger charge is 2.55. The molecular weight excluding hydrogens is 490 g/mol. The molecule has 3 atom stereocenters. The summed E-state index contributed by atoms with van der Waals surface area (Å²) in [5, 5.41) is 3.79. The van der Waals surface area contributed by atoms with Gasteiger partial charge in [0.25, 0.3) is 0 Å². The Labute approximate surface area is 226 Å². The molecule has 0 saturated heterocycles. The molecule has 0 aliphatic heterocycles. The van der Waals surface area contributed by atoms with Crippen LogP contribution in [0.4, 0.5) is 0 Å². The van der Waals surface area contributed by atoms with Crippen LogP contribution in [0.5, 0.6) is 0 Å². The first-order valence-corrected chi connectivity index (χ1v) is 16.2. The van der Waals surface area contributed by atoms with Crippen molar-refractivity contribution in [2.45, 2.75) is 63.0 Å². The van der Waals surface area contributed by atoms with E-state index in [0.29, 0.717) is 6.42 Å². The molecule has 1 fully saturated rings. The summed E-state index contributed by atoms with van der Waals surface area (Å²) in [5.41, 5.74) is 4.71. The molecule has 5 rings (SSSR count). The predicted molar refractivity (Wildman–Crippen MR) is 152 cm³/mol. The molecule has 0 bridgehead atoms. The minimum atomic E-state index is -2.26. The van der Waals surface area contributed by atoms with Gasteiger partial charge in [0.15, 0.2) is 14.1 Å². The van der Waals surface area contributed by atoms with Crippen LogP contribution in [0.15, 0.2) is 78.9 Å². The molecule has 2 aliphatic rings. The van der Waals surface area contributed by atoms with E-state index in [0.717, 1.165) is 27.8 Å². The fourth-order valence-corrected chi connectivity index (χ4v) is 7.12. The first-order valence-electron chi connectivity index (χ1n) is 13.3. The van der Waals surface area contributed by atoms with Crippen LogP contribution in [0.25, 0.3) is 11.1 Å². The van der Waals surface area contributed by atoms with Gasteiger partial charge in [-0.3, -0.25) is 14.9 Å². The van der Waals surface area contributed by atoms with Crippen LogP contribution in [0, 0.1) is 5.92 Å². The molecule has 3 aromatic rings. The highest BCUT2D eigenvalue weighted by atomic mass is 28.4. The summed E-state index contributed by atoms with van der Waals surface area (Å²) >= 11 is 0. The number of carbonyl (C=O) groups is 2. The molecule has 0 spiro atoms. The lowest BCUT2D eigenvalue weighted by Gasteiger charge is -2.42. The van der Waals surface area contributed by atoms with Crippen molar-refractivity contribution in [1.29, 1.82) is 0 Å². The number of nitrogens with one attached hydrogen (secondary N) is 1. The van der Waals surface area contributed by atoms with Crippen molar-refractivity contribution in [2.24, 2.45) is 5.92 Å². The summed E-state index contributed by atoms with van der Waals surface area (Å²) in [6, 6.07) is 26.3. The van der Waals surface area contributed by atoms with E-state index in [-0.39, 0.29) is 10.8 Å². The van der Waals surface area contributed by atoms with Crippen LogP contribution in [0.1, 0.15) is 43.9 Å². The minimum Gasteiger partial charge on any atom is -0.468 e. The van der Waals surface area contributed by atoms with Gasteiger partial charge in [-0.1, -0.05) is 99.6 Å². The maximum Gasteiger partial charge on any atom is 0.316 e. The number of rotatable bonds is 6. The number of esters is 1. The van der Waals surface area contributed by atoms with Crippen LogP contribution in [0.3, 0.4) is 0 Å². The topological polar surface area (TPSA) is 64.6 Å². The standard InChI is InChI=1S/C32H37NO4Si/c1-31(2,3)38(5,6)37-27-20-24(30(35)36-4)29(34)28(27)33-32(21-14-8-7-9-15-21)25-18-12-10-16-22(25)23-17-11-13-19-26(23)32/h7-19,24,27-28,33H,20H2,1-6H3/t24?,27-,28-/m0/s1. The van der Waals surface area contributed by atoms with Gasteiger partial charge in [0.1, 0.15) is 5.92 Å². The van der Waals surface area contributed by atoms with Crippen molar-refractivity contribution in [3.8, 4) is 11.1 Å². The normalized spacial score (nSPS) is 22.2. The maximum atomic E-state index is 14.0. The van der Waals surface area contributed by atoms with E-state index in [2.05, 4.69) is 75.6 Å². The maximum absolute atomic E-state index is 14.0. The van der Waals surface area contributed by atoms with Gasteiger partial charge in [0, 0.05) is 0 Å². The zero-order valence-corrected chi connectivity index (χ0v) is 24.1. The zero-order valence-electron chi connectivity index (χ0n) is 23.1. The third kappa shape index (κ3) is 4.15. The van der Waals surface area contributed by atoms with Gasteiger partial charge in [0.05, 0.1) is 24.8 Å². The Morgan fingerprint density at radius 1 is 0.895 bits per heavy atom. The number of hydrogen-bond acceptors (Lipinski definition) is 5. The number of ether oxygens (including phenoxy) is 1. The fourth-order valence-electron chi connectivity index (χ4n) is 5.78. The third-order valence-electron chi connectivity index (χ3n) is 8.76. The van der Waals surface area contributed by atoms with Gasteiger partial charge in [-0.2, -0.15) is 0 Å². The van der Waals surface area contributed by atoms with E-state index in [1.165, 1.54) is 7.11 Å². The Morgan fingerprint density at radius 3 is 1.95 bits per heavy atom. The van der Waals surface area contributed by atoms with Crippen molar-refractivity contribution in [3.63, 3.8) is 0 Å². The molecule has 198 valence electrons. The fraction of sp³-hybridized carbons (Fsp3) is 0.375. The first kappa shape index (κ1) is 26.5. The molecule has 1 unspecified atom stereocenters. The molecule has 5 nitrogen and oxygen atoms in total. The van der Waals surface area contributed by atoms with Gasteiger partial charge >= 0.3 is 5.97 Å². The summed E-state index contributed by atoms with van der Waals surface area (Å²) in [6.07, 6.45) is -0.142. The Morgan fingerprint density at radius 2 is 1.42 bits per heavy atom.